The Hall–Kier alpha value is -2.36. The lowest BCUT2D eigenvalue weighted by Gasteiger charge is -2.14. The molecule has 0 bridgehead atoms. The maximum Gasteiger partial charge on any atom is 0.337 e. The van der Waals surface area contributed by atoms with E-state index in [-0.39, 0.29) is 11.7 Å². The molecule has 2 rings (SSSR count). The molecular weight excluding hydrogens is 271 g/mol. The summed E-state index contributed by atoms with van der Waals surface area (Å²) in [4.78, 5) is 11.6. The van der Waals surface area contributed by atoms with E-state index in [0.717, 1.165) is 11.6 Å². The summed E-state index contributed by atoms with van der Waals surface area (Å²) >= 11 is 0. The fraction of sp³-hybridized carbons (Fsp3) is 0.235. The van der Waals surface area contributed by atoms with E-state index in [2.05, 4.69) is 4.74 Å². The van der Waals surface area contributed by atoms with Crippen molar-refractivity contribution in [2.75, 3.05) is 7.11 Å². The molecular formula is C17H17FO3. The standard InChI is InChI=1S/C17H17FO3/c1-11(2)21-16-7-5-4-6-15(16)12-8-13(17(19)20-3)10-14(18)9-12/h4-11H,1-3H3. The highest BCUT2D eigenvalue weighted by Crippen LogP contribution is 2.31. The van der Waals surface area contributed by atoms with Crippen LogP contribution in [0.15, 0.2) is 42.5 Å². The molecule has 21 heavy (non-hydrogen) atoms. The van der Waals surface area contributed by atoms with Gasteiger partial charge in [0.1, 0.15) is 11.6 Å². The lowest BCUT2D eigenvalue weighted by atomic mass is 10.0. The number of benzene rings is 2. The first-order valence-electron chi connectivity index (χ1n) is 6.66. The average molecular weight is 288 g/mol. The molecule has 0 unspecified atom stereocenters. The van der Waals surface area contributed by atoms with Gasteiger partial charge in [-0.2, -0.15) is 0 Å². The molecule has 0 atom stereocenters. The molecule has 2 aromatic rings. The normalized spacial score (nSPS) is 10.5. The maximum absolute atomic E-state index is 13.8. The van der Waals surface area contributed by atoms with Crippen molar-refractivity contribution >= 4 is 5.97 Å². The van der Waals surface area contributed by atoms with E-state index in [1.54, 1.807) is 6.07 Å². The largest absolute Gasteiger partial charge is 0.490 e. The van der Waals surface area contributed by atoms with Crippen LogP contribution in [0.3, 0.4) is 0 Å². The summed E-state index contributed by atoms with van der Waals surface area (Å²) in [5.41, 5.74) is 1.48. The lowest BCUT2D eigenvalue weighted by molar-refractivity contribution is 0.0600. The van der Waals surface area contributed by atoms with Gasteiger partial charge in [0, 0.05) is 5.56 Å². The number of carbonyl (C=O) groups is 1. The van der Waals surface area contributed by atoms with Crippen LogP contribution in [0.5, 0.6) is 5.75 Å². The molecule has 4 heteroatoms. The van der Waals surface area contributed by atoms with Crippen molar-refractivity contribution in [2.24, 2.45) is 0 Å². The number of para-hydroxylation sites is 1. The third-order valence-electron chi connectivity index (χ3n) is 2.88. The smallest absolute Gasteiger partial charge is 0.337 e. The van der Waals surface area contributed by atoms with Crippen molar-refractivity contribution in [3.63, 3.8) is 0 Å². The molecule has 0 heterocycles. The topological polar surface area (TPSA) is 35.5 Å². The van der Waals surface area contributed by atoms with Gasteiger partial charge in [0.05, 0.1) is 18.8 Å². The van der Waals surface area contributed by atoms with Crippen LogP contribution in [0.4, 0.5) is 4.39 Å². The minimum Gasteiger partial charge on any atom is -0.490 e. The summed E-state index contributed by atoms with van der Waals surface area (Å²) in [5, 5.41) is 0. The molecule has 0 amide bonds. The second-order valence-electron chi connectivity index (χ2n) is 4.88. The summed E-state index contributed by atoms with van der Waals surface area (Å²) in [6.45, 7) is 3.84. The van der Waals surface area contributed by atoms with Gasteiger partial charge in [-0.1, -0.05) is 18.2 Å². The first kappa shape index (κ1) is 15.0. The van der Waals surface area contributed by atoms with Gasteiger partial charge in [0.2, 0.25) is 0 Å². The fourth-order valence-corrected chi connectivity index (χ4v) is 2.04. The first-order valence-corrected chi connectivity index (χ1v) is 6.66. The monoisotopic (exact) mass is 288 g/mol. The van der Waals surface area contributed by atoms with Gasteiger partial charge in [-0.25, -0.2) is 9.18 Å². The Balaban J connectivity index is 2.51. The third kappa shape index (κ3) is 3.60. The van der Waals surface area contributed by atoms with E-state index in [9.17, 15) is 9.18 Å². The van der Waals surface area contributed by atoms with Crippen molar-refractivity contribution in [1.29, 1.82) is 0 Å². The second-order valence-corrected chi connectivity index (χ2v) is 4.88. The van der Waals surface area contributed by atoms with Gasteiger partial charge in [-0.15, -0.1) is 0 Å². The third-order valence-corrected chi connectivity index (χ3v) is 2.88. The van der Waals surface area contributed by atoms with Gasteiger partial charge in [-0.05, 0) is 43.7 Å². The molecule has 2 aromatic carbocycles. The van der Waals surface area contributed by atoms with Crippen molar-refractivity contribution in [3.8, 4) is 16.9 Å². The van der Waals surface area contributed by atoms with Crippen LogP contribution < -0.4 is 4.74 Å². The van der Waals surface area contributed by atoms with Crippen molar-refractivity contribution < 1.29 is 18.7 Å². The predicted octanol–water partition coefficient (Wildman–Crippen LogP) is 4.07. The Morgan fingerprint density at radius 3 is 2.52 bits per heavy atom. The van der Waals surface area contributed by atoms with E-state index in [4.69, 9.17) is 4.74 Å². The van der Waals surface area contributed by atoms with E-state index in [1.165, 1.54) is 13.2 Å². The molecule has 0 aromatic heterocycles. The molecule has 0 saturated heterocycles. The molecule has 0 aliphatic rings. The van der Waals surface area contributed by atoms with Gasteiger partial charge in [0.15, 0.2) is 0 Å². The Morgan fingerprint density at radius 2 is 1.86 bits per heavy atom. The highest BCUT2D eigenvalue weighted by molar-refractivity contribution is 5.91. The van der Waals surface area contributed by atoms with Crippen LogP contribution in [0, 0.1) is 5.82 Å². The predicted molar refractivity (Wildman–Crippen MR) is 78.9 cm³/mol. The summed E-state index contributed by atoms with van der Waals surface area (Å²) in [6, 6.07) is 11.5. The number of hydrogen-bond acceptors (Lipinski definition) is 3. The van der Waals surface area contributed by atoms with Crippen LogP contribution in [-0.2, 0) is 4.74 Å². The van der Waals surface area contributed by atoms with E-state index < -0.39 is 11.8 Å². The summed E-state index contributed by atoms with van der Waals surface area (Å²) in [5.74, 6) is -0.417. The van der Waals surface area contributed by atoms with Crippen molar-refractivity contribution in [3.05, 3.63) is 53.8 Å². The number of carbonyl (C=O) groups excluding carboxylic acids is 1. The van der Waals surface area contributed by atoms with Crippen molar-refractivity contribution in [1.82, 2.24) is 0 Å². The van der Waals surface area contributed by atoms with Crippen molar-refractivity contribution in [2.45, 2.75) is 20.0 Å². The zero-order valence-electron chi connectivity index (χ0n) is 12.2. The maximum atomic E-state index is 13.8. The van der Waals surface area contributed by atoms with E-state index in [0.29, 0.717) is 11.3 Å². The fourth-order valence-electron chi connectivity index (χ4n) is 2.04. The van der Waals surface area contributed by atoms with E-state index in [1.807, 2.05) is 38.1 Å². The highest BCUT2D eigenvalue weighted by atomic mass is 19.1. The number of rotatable bonds is 4. The zero-order valence-corrected chi connectivity index (χ0v) is 12.2. The Bertz CT molecular complexity index is 650. The van der Waals surface area contributed by atoms with Gasteiger partial charge in [-0.3, -0.25) is 0 Å². The molecule has 0 radical (unpaired) electrons. The van der Waals surface area contributed by atoms with Crippen LogP contribution in [0.2, 0.25) is 0 Å². The molecule has 3 nitrogen and oxygen atoms in total. The summed E-state index contributed by atoms with van der Waals surface area (Å²) < 4.78 is 24.1. The van der Waals surface area contributed by atoms with Gasteiger partial charge < -0.3 is 9.47 Å². The minimum absolute atomic E-state index is 0.000198. The number of esters is 1. The molecule has 0 fully saturated rings. The lowest BCUT2D eigenvalue weighted by Crippen LogP contribution is -2.07. The second kappa shape index (κ2) is 6.39. The van der Waals surface area contributed by atoms with E-state index >= 15 is 0 Å². The number of ether oxygens (including phenoxy) is 2. The number of hydrogen-bond donors (Lipinski definition) is 0. The molecule has 0 N–H and O–H groups in total. The molecule has 0 aliphatic heterocycles. The number of methoxy groups -OCH3 is 1. The number of halogens is 1. The SMILES string of the molecule is COC(=O)c1cc(F)cc(-c2ccccc2OC(C)C)c1. The van der Waals surface area contributed by atoms with Crippen LogP contribution in [0.25, 0.3) is 11.1 Å². The minimum atomic E-state index is -0.571. The zero-order chi connectivity index (χ0) is 15.4. The summed E-state index contributed by atoms with van der Waals surface area (Å²) in [6.07, 6.45) is -0.000198. The highest BCUT2D eigenvalue weighted by Gasteiger charge is 2.13. The van der Waals surface area contributed by atoms with Crippen LogP contribution in [0.1, 0.15) is 24.2 Å². The molecule has 110 valence electrons. The average Bonchev–Trinajstić information content (AvgIpc) is 2.45. The van der Waals surface area contributed by atoms with Gasteiger partial charge >= 0.3 is 5.97 Å². The molecule has 0 spiro atoms. The quantitative estimate of drug-likeness (QED) is 0.796. The Morgan fingerprint density at radius 1 is 1.14 bits per heavy atom. The molecule has 0 aliphatic carbocycles. The molecule has 0 saturated carbocycles. The Labute approximate surface area is 123 Å². The first-order chi connectivity index (χ1) is 10.0. The van der Waals surface area contributed by atoms with Gasteiger partial charge in [0.25, 0.3) is 0 Å². The summed E-state index contributed by atoms with van der Waals surface area (Å²) in [7, 11) is 1.27. The Kier molecular flexibility index (Phi) is 4.58. The van der Waals surface area contributed by atoms with Crippen LogP contribution >= 0.6 is 0 Å². The van der Waals surface area contributed by atoms with Crippen LogP contribution in [-0.4, -0.2) is 19.2 Å².